The minimum absolute atomic E-state index is 0.320. The summed E-state index contributed by atoms with van der Waals surface area (Å²) in [5.74, 6) is 6.96. The van der Waals surface area contributed by atoms with E-state index in [1.165, 1.54) is 11.8 Å². The number of benzene rings is 1. The van der Waals surface area contributed by atoms with Gasteiger partial charge in [-0.25, -0.2) is 5.84 Å². The summed E-state index contributed by atoms with van der Waals surface area (Å²) in [7, 11) is 0. The largest absolute Gasteiger partial charge is 0.468 e. The van der Waals surface area contributed by atoms with Crippen LogP contribution in [0.3, 0.4) is 0 Å². The van der Waals surface area contributed by atoms with E-state index in [1.54, 1.807) is 17.8 Å². The maximum atomic E-state index is 11.4. The van der Waals surface area contributed by atoms with Gasteiger partial charge in [-0.05, 0) is 11.6 Å². The van der Waals surface area contributed by atoms with Crippen molar-refractivity contribution in [3.63, 3.8) is 0 Å². The molecule has 0 fully saturated rings. The van der Waals surface area contributed by atoms with Crippen molar-refractivity contribution in [2.75, 3.05) is 0 Å². The van der Waals surface area contributed by atoms with Crippen LogP contribution < -0.4 is 11.3 Å². The molecule has 0 radical (unpaired) electrons. The smallest absolute Gasteiger partial charge is 0.268 e. The topological polar surface area (TPSA) is 68.3 Å². The second kappa shape index (κ2) is 6.28. The molecule has 1 heterocycles. The summed E-state index contributed by atoms with van der Waals surface area (Å²) in [5.41, 5.74) is 3.85. The van der Waals surface area contributed by atoms with E-state index in [1.807, 2.05) is 18.2 Å². The van der Waals surface area contributed by atoms with Crippen LogP contribution >= 0.6 is 11.8 Å². The summed E-state index contributed by atoms with van der Waals surface area (Å²) in [6.07, 6.45) is 1.50. The van der Waals surface area contributed by atoms with Crippen LogP contribution in [0.15, 0.2) is 47.1 Å². The van der Waals surface area contributed by atoms with Gasteiger partial charge >= 0.3 is 0 Å². The number of nitrogen functional groups attached to an aromatic ring is 1. The summed E-state index contributed by atoms with van der Waals surface area (Å²) in [4.78, 5) is 11.4. The molecule has 0 unspecified atom stereocenters. The quantitative estimate of drug-likeness (QED) is 0.493. The van der Waals surface area contributed by atoms with Crippen molar-refractivity contribution in [1.82, 2.24) is 5.43 Å². The van der Waals surface area contributed by atoms with Crippen molar-refractivity contribution in [3.8, 4) is 0 Å². The molecule has 5 heteroatoms. The molecule has 18 heavy (non-hydrogen) atoms. The lowest BCUT2D eigenvalue weighted by atomic mass is 10.2. The molecule has 0 saturated carbocycles. The Morgan fingerprint density at radius 2 is 2.00 bits per heavy atom. The van der Waals surface area contributed by atoms with Crippen LogP contribution in [0.4, 0.5) is 0 Å². The van der Waals surface area contributed by atoms with E-state index in [4.69, 9.17) is 10.3 Å². The summed E-state index contributed by atoms with van der Waals surface area (Å²) in [6.45, 7) is 0. The molecule has 0 aliphatic heterocycles. The van der Waals surface area contributed by atoms with Gasteiger partial charge in [-0.2, -0.15) is 0 Å². The van der Waals surface area contributed by atoms with E-state index in [0.717, 1.165) is 5.75 Å². The number of hydrogen-bond donors (Lipinski definition) is 2. The fourth-order valence-corrected chi connectivity index (χ4v) is 2.51. The fourth-order valence-electron chi connectivity index (χ4n) is 1.57. The SMILES string of the molecule is NNC(=O)c1ccoc1CSCc1ccccc1. The molecule has 0 saturated heterocycles. The van der Waals surface area contributed by atoms with E-state index in [9.17, 15) is 4.79 Å². The van der Waals surface area contributed by atoms with Gasteiger partial charge in [-0.1, -0.05) is 30.3 Å². The van der Waals surface area contributed by atoms with Crippen molar-refractivity contribution < 1.29 is 9.21 Å². The first kappa shape index (κ1) is 12.7. The summed E-state index contributed by atoms with van der Waals surface area (Å²) < 4.78 is 5.29. The first-order valence-electron chi connectivity index (χ1n) is 5.50. The molecule has 0 aliphatic carbocycles. The van der Waals surface area contributed by atoms with Crippen LogP contribution in [0.5, 0.6) is 0 Å². The van der Waals surface area contributed by atoms with Gasteiger partial charge in [0, 0.05) is 5.75 Å². The Kier molecular flexibility index (Phi) is 4.44. The number of rotatable bonds is 5. The minimum atomic E-state index is -0.320. The van der Waals surface area contributed by atoms with E-state index in [0.29, 0.717) is 17.1 Å². The van der Waals surface area contributed by atoms with Crippen LogP contribution in [0, 0.1) is 0 Å². The van der Waals surface area contributed by atoms with E-state index >= 15 is 0 Å². The highest BCUT2D eigenvalue weighted by atomic mass is 32.2. The molecule has 2 aromatic rings. The summed E-state index contributed by atoms with van der Waals surface area (Å²) >= 11 is 1.69. The Bertz CT molecular complexity index is 511. The Morgan fingerprint density at radius 1 is 1.22 bits per heavy atom. The standard InChI is InChI=1S/C13H14N2O2S/c14-15-13(16)11-6-7-17-12(11)9-18-8-10-4-2-1-3-5-10/h1-7H,8-9,14H2,(H,15,16). The van der Waals surface area contributed by atoms with Gasteiger partial charge in [0.25, 0.3) is 5.91 Å². The lowest BCUT2D eigenvalue weighted by Gasteiger charge is -2.02. The molecule has 3 N–H and O–H groups in total. The minimum Gasteiger partial charge on any atom is -0.468 e. The van der Waals surface area contributed by atoms with Crippen LogP contribution in [-0.2, 0) is 11.5 Å². The van der Waals surface area contributed by atoms with Crippen molar-refractivity contribution >= 4 is 17.7 Å². The first-order chi connectivity index (χ1) is 8.81. The average molecular weight is 262 g/mol. The zero-order chi connectivity index (χ0) is 12.8. The second-order valence-corrected chi connectivity index (χ2v) is 4.69. The van der Waals surface area contributed by atoms with Gasteiger partial charge in [0.2, 0.25) is 0 Å². The predicted molar refractivity (Wildman–Crippen MR) is 71.8 cm³/mol. The molecule has 1 amide bonds. The highest BCUT2D eigenvalue weighted by Gasteiger charge is 2.13. The molecule has 1 aromatic carbocycles. The van der Waals surface area contributed by atoms with Crippen molar-refractivity contribution in [2.45, 2.75) is 11.5 Å². The fraction of sp³-hybridized carbons (Fsp3) is 0.154. The maximum absolute atomic E-state index is 11.4. The van der Waals surface area contributed by atoms with Crippen LogP contribution in [-0.4, -0.2) is 5.91 Å². The highest BCUT2D eigenvalue weighted by molar-refractivity contribution is 7.97. The van der Waals surface area contributed by atoms with Gasteiger partial charge in [0.1, 0.15) is 5.76 Å². The molecule has 4 nitrogen and oxygen atoms in total. The Hall–Kier alpha value is -1.72. The molecular weight excluding hydrogens is 248 g/mol. The first-order valence-corrected chi connectivity index (χ1v) is 6.65. The third-order valence-electron chi connectivity index (χ3n) is 2.47. The lowest BCUT2D eigenvalue weighted by molar-refractivity contribution is 0.0952. The monoisotopic (exact) mass is 262 g/mol. The van der Waals surface area contributed by atoms with Crippen molar-refractivity contribution in [1.29, 1.82) is 0 Å². The number of carbonyl (C=O) groups excluding carboxylic acids is 1. The average Bonchev–Trinajstić information content (AvgIpc) is 2.87. The number of nitrogens with two attached hydrogens (primary N) is 1. The molecule has 0 aliphatic rings. The molecule has 0 bridgehead atoms. The number of furan rings is 1. The number of nitrogens with one attached hydrogen (secondary N) is 1. The summed E-state index contributed by atoms with van der Waals surface area (Å²) in [6, 6.07) is 11.8. The number of amides is 1. The Morgan fingerprint density at radius 3 is 2.72 bits per heavy atom. The van der Waals surface area contributed by atoms with Crippen LogP contribution in [0.1, 0.15) is 21.7 Å². The van der Waals surface area contributed by atoms with Crippen LogP contribution in [0.2, 0.25) is 0 Å². The number of carbonyl (C=O) groups is 1. The summed E-state index contributed by atoms with van der Waals surface area (Å²) in [5, 5.41) is 0. The Balaban J connectivity index is 1.91. The van der Waals surface area contributed by atoms with Crippen molar-refractivity contribution in [2.24, 2.45) is 5.84 Å². The van der Waals surface area contributed by atoms with E-state index in [2.05, 4.69) is 17.6 Å². The second-order valence-electron chi connectivity index (χ2n) is 3.71. The molecule has 1 aromatic heterocycles. The van der Waals surface area contributed by atoms with Gasteiger partial charge in [-0.15, -0.1) is 11.8 Å². The van der Waals surface area contributed by atoms with E-state index in [-0.39, 0.29) is 5.91 Å². The number of thioether (sulfide) groups is 1. The molecule has 94 valence electrons. The number of hydrazine groups is 1. The van der Waals surface area contributed by atoms with Crippen LogP contribution in [0.25, 0.3) is 0 Å². The van der Waals surface area contributed by atoms with E-state index < -0.39 is 0 Å². The third-order valence-corrected chi connectivity index (χ3v) is 3.47. The van der Waals surface area contributed by atoms with Gasteiger partial charge in [0.05, 0.1) is 17.6 Å². The number of hydrogen-bond acceptors (Lipinski definition) is 4. The van der Waals surface area contributed by atoms with Gasteiger partial charge in [0.15, 0.2) is 0 Å². The zero-order valence-corrected chi connectivity index (χ0v) is 10.6. The molecule has 2 rings (SSSR count). The maximum Gasteiger partial charge on any atom is 0.268 e. The normalized spacial score (nSPS) is 10.3. The Labute approximate surface area is 110 Å². The zero-order valence-electron chi connectivity index (χ0n) is 9.76. The van der Waals surface area contributed by atoms with Gasteiger partial charge in [-0.3, -0.25) is 10.2 Å². The van der Waals surface area contributed by atoms with Crippen molar-refractivity contribution in [3.05, 3.63) is 59.5 Å². The molecule has 0 spiro atoms. The van der Waals surface area contributed by atoms with Gasteiger partial charge < -0.3 is 4.42 Å². The lowest BCUT2D eigenvalue weighted by Crippen LogP contribution is -2.30. The molecule has 0 atom stereocenters. The third kappa shape index (κ3) is 3.15. The predicted octanol–water partition coefficient (Wildman–Crippen LogP) is 2.32. The highest BCUT2D eigenvalue weighted by Crippen LogP contribution is 2.21. The molecular formula is C13H14N2O2S.